The number of rotatable bonds is 5. The summed E-state index contributed by atoms with van der Waals surface area (Å²) in [6.45, 7) is 0.981. The highest BCUT2D eigenvalue weighted by molar-refractivity contribution is 7.91. The summed E-state index contributed by atoms with van der Waals surface area (Å²) in [5, 5.41) is 2.85. The second kappa shape index (κ2) is 7.07. The first kappa shape index (κ1) is 16.7. The number of carbonyl (C=O) groups is 1. The minimum atomic E-state index is -2.95. The van der Waals surface area contributed by atoms with E-state index in [4.69, 9.17) is 5.73 Å². The van der Waals surface area contributed by atoms with Crippen LogP contribution in [-0.4, -0.2) is 63.0 Å². The minimum Gasteiger partial charge on any atom is -0.351 e. The number of nitrogens with zero attached hydrogens (tertiary/aromatic N) is 1. The van der Waals surface area contributed by atoms with E-state index in [0.717, 1.165) is 12.8 Å². The van der Waals surface area contributed by atoms with Crippen LogP contribution in [0.15, 0.2) is 0 Å². The summed E-state index contributed by atoms with van der Waals surface area (Å²) < 4.78 is 22.8. The smallest absolute Gasteiger partial charge is 0.234 e. The van der Waals surface area contributed by atoms with E-state index in [2.05, 4.69) is 10.2 Å². The summed E-state index contributed by atoms with van der Waals surface area (Å²) >= 11 is 0. The minimum absolute atomic E-state index is 0.0807. The van der Waals surface area contributed by atoms with Crippen molar-refractivity contribution >= 4 is 15.7 Å². The number of sulfone groups is 1. The molecule has 1 saturated carbocycles. The predicted octanol–water partition coefficient (Wildman–Crippen LogP) is -0.261. The Morgan fingerprint density at radius 3 is 2.62 bits per heavy atom. The van der Waals surface area contributed by atoms with Gasteiger partial charge in [0.05, 0.1) is 18.1 Å². The lowest BCUT2D eigenvalue weighted by molar-refractivity contribution is -0.123. The van der Waals surface area contributed by atoms with Crippen LogP contribution < -0.4 is 11.1 Å². The van der Waals surface area contributed by atoms with E-state index < -0.39 is 9.84 Å². The predicted molar refractivity (Wildman–Crippen MR) is 82.6 cm³/mol. The molecule has 1 heterocycles. The van der Waals surface area contributed by atoms with Crippen LogP contribution in [0.25, 0.3) is 0 Å². The molecule has 0 aromatic carbocycles. The topological polar surface area (TPSA) is 92.5 Å². The molecular weight excluding hydrogens is 290 g/mol. The maximum atomic E-state index is 12.1. The van der Waals surface area contributed by atoms with Crippen LogP contribution in [0, 0.1) is 5.92 Å². The zero-order valence-electron chi connectivity index (χ0n) is 12.8. The molecule has 21 heavy (non-hydrogen) atoms. The summed E-state index contributed by atoms with van der Waals surface area (Å²) in [5.74, 6) is 0.646. The van der Waals surface area contributed by atoms with Crippen molar-refractivity contribution in [1.82, 2.24) is 10.2 Å². The molecule has 0 aromatic rings. The van der Waals surface area contributed by atoms with Gasteiger partial charge in [-0.1, -0.05) is 12.8 Å². The number of carbonyl (C=O) groups excluding carboxylic acids is 1. The Labute approximate surface area is 127 Å². The van der Waals surface area contributed by atoms with Gasteiger partial charge in [0, 0.05) is 12.1 Å². The van der Waals surface area contributed by atoms with Crippen LogP contribution in [0.2, 0.25) is 0 Å². The second-order valence-electron chi connectivity index (χ2n) is 6.43. The molecule has 1 aliphatic heterocycles. The third kappa shape index (κ3) is 4.66. The van der Waals surface area contributed by atoms with Crippen molar-refractivity contribution in [2.45, 2.75) is 44.2 Å². The van der Waals surface area contributed by atoms with Gasteiger partial charge in [-0.15, -0.1) is 0 Å². The molecule has 6 nitrogen and oxygen atoms in total. The Morgan fingerprint density at radius 2 is 2.00 bits per heavy atom. The van der Waals surface area contributed by atoms with Gasteiger partial charge < -0.3 is 11.1 Å². The summed E-state index contributed by atoms with van der Waals surface area (Å²) in [4.78, 5) is 14.2. The number of likely N-dealkylation sites (N-methyl/N-ethyl adjacent to an activating group) is 1. The quantitative estimate of drug-likeness (QED) is 0.729. The number of hydrogen-bond donors (Lipinski definition) is 2. The molecule has 3 unspecified atom stereocenters. The second-order valence-corrected chi connectivity index (χ2v) is 8.66. The highest BCUT2D eigenvalue weighted by atomic mass is 32.2. The van der Waals surface area contributed by atoms with Gasteiger partial charge >= 0.3 is 0 Å². The van der Waals surface area contributed by atoms with Crippen LogP contribution in [0.3, 0.4) is 0 Å². The Morgan fingerprint density at radius 1 is 1.29 bits per heavy atom. The number of nitrogens with one attached hydrogen (secondary N) is 1. The lowest BCUT2D eigenvalue weighted by atomic mass is 9.84. The maximum absolute atomic E-state index is 12.1. The van der Waals surface area contributed by atoms with Crippen molar-refractivity contribution in [2.24, 2.45) is 11.7 Å². The van der Waals surface area contributed by atoms with Crippen LogP contribution in [0.5, 0.6) is 0 Å². The first-order valence-corrected chi connectivity index (χ1v) is 9.63. The summed E-state index contributed by atoms with van der Waals surface area (Å²) in [6, 6.07) is 0.148. The first-order valence-electron chi connectivity index (χ1n) is 7.81. The Kier molecular flexibility index (Phi) is 5.62. The van der Waals surface area contributed by atoms with Gasteiger partial charge in [-0.2, -0.15) is 0 Å². The molecule has 7 heteroatoms. The van der Waals surface area contributed by atoms with Crippen LogP contribution >= 0.6 is 0 Å². The zero-order valence-corrected chi connectivity index (χ0v) is 13.6. The van der Waals surface area contributed by atoms with E-state index in [9.17, 15) is 13.2 Å². The first-order chi connectivity index (χ1) is 9.91. The van der Waals surface area contributed by atoms with Gasteiger partial charge in [-0.3, -0.25) is 9.69 Å². The number of hydrogen-bond acceptors (Lipinski definition) is 5. The fourth-order valence-corrected chi connectivity index (χ4v) is 5.24. The van der Waals surface area contributed by atoms with Gasteiger partial charge in [0.15, 0.2) is 9.84 Å². The van der Waals surface area contributed by atoms with Crippen LogP contribution in [0.4, 0.5) is 0 Å². The maximum Gasteiger partial charge on any atom is 0.234 e. The normalized spacial score (nSPS) is 32.2. The fraction of sp³-hybridized carbons (Fsp3) is 0.929. The standard InChI is InChI=1S/C14H27N3O3S/c1-17(13-5-3-2-4-11(13)8-15)9-14(18)16-12-6-7-21(19,20)10-12/h11-13H,2-10,15H2,1H3,(H,16,18). The Balaban J connectivity index is 1.81. The van der Waals surface area contributed by atoms with Gasteiger partial charge in [-0.05, 0) is 38.8 Å². The number of amides is 1. The van der Waals surface area contributed by atoms with Crippen molar-refractivity contribution in [1.29, 1.82) is 0 Å². The molecule has 1 amide bonds. The molecule has 2 fully saturated rings. The largest absolute Gasteiger partial charge is 0.351 e. The van der Waals surface area contributed by atoms with Gasteiger partial charge in [0.25, 0.3) is 0 Å². The molecule has 1 aliphatic carbocycles. The van der Waals surface area contributed by atoms with Crippen molar-refractivity contribution in [2.75, 3.05) is 31.6 Å². The molecule has 0 spiro atoms. The van der Waals surface area contributed by atoms with E-state index in [0.29, 0.717) is 31.5 Å². The molecule has 0 radical (unpaired) electrons. The van der Waals surface area contributed by atoms with Crippen molar-refractivity contribution in [3.8, 4) is 0 Å². The van der Waals surface area contributed by atoms with Gasteiger partial charge in [-0.25, -0.2) is 8.42 Å². The summed E-state index contributed by atoms with van der Waals surface area (Å²) in [5.41, 5.74) is 5.83. The van der Waals surface area contributed by atoms with Crippen LogP contribution in [0.1, 0.15) is 32.1 Å². The molecular formula is C14H27N3O3S. The van der Waals surface area contributed by atoms with Crippen LogP contribution in [-0.2, 0) is 14.6 Å². The van der Waals surface area contributed by atoms with E-state index in [1.54, 1.807) is 0 Å². The molecule has 2 rings (SSSR count). The molecule has 3 atom stereocenters. The highest BCUT2D eigenvalue weighted by Gasteiger charge is 2.31. The third-order valence-electron chi connectivity index (χ3n) is 4.73. The monoisotopic (exact) mass is 317 g/mol. The average Bonchev–Trinajstić information content (AvgIpc) is 2.77. The fourth-order valence-electron chi connectivity index (χ4n) is 3.57. The molecule has 2 aliphatic rings. The van der Waals surface area contributed by atoms with Crippen molar-refractivity contribution in [3.63, 3.8) is 0 Å². The van der Waals surface area contributed by atoms with Gasteiger partial charge in [0.1, 0.15) is 0 Å². The lowest BCUT2D eigenvalue weighted by Crippen LogP contribution is -2.48. The third-order valence-corrected chi connectivity index (χ3v) is 6.50. The Hall–Kier alpha value is -0.660. The van der Waals surface area contributed by atoms with E-state index in [1.807, 2.05) is 7.05 Å². The molecule has 0 bridgehead atoms. The summed E-state index contributed by atoms with van der Waals surface area (Å²) in [7, 11) is -0.986. The highest BCUT2D eigenvalue weighted by Crippen LogP contribution is 2.26. The zero-order chi connectivity index (χ0) is 15.5. The summed E-state index contributed by atoms with van der Waals surface area (Å²) in [6.07, 6.45) is 5.16. The SMILES string of the molecule is CN(CC(=O)NC1CCS(=O)(=O)C1)C1CCCCC1CN. The molecule has 3 N–H and O–H groups in total. The van der Waals surface area contributed by atoms with E-state index in [1.165, 1.54) is 12.8 Å². The molecule has 0 aromatic heterocycles. The van der Waals surface area contributed by atoms with Crippen molar-refractivity contribution in [3.05, 3.63) is 0 Å². The molecule has 1 saturated heterocycles. The molecule has 122 valence electrons. The number of nitrogens with two attached hydrogens (primary N) is 1. The average molecular weight is 317 g/mol. The van der Waals surface area contributed by atoms with Gasteiger partial charge in [0.2, 0.25) is 5.91 Å². The van der Waals surface area contributed by atoms with E-state index >= 15 is 0 Å². The Bertz CT molecular complexity index is 466. The lowest BCUT2D eigenvalue weighted by Gasteiger charge is -2.37. The van der Waals surface area contributed by atoms with E-state index in [-0.39, 0.29) is 23.5 Å². The van der Waals surface area contributed by atoms with Crippen molar-refractivity contribution < 1.29 is 13.2 Å².